The molecular formula is C12H20N2O4. The molecule has 1 atom stereocenters. The molecule has 3 N–H and O–H groups in total. The lowest BCUT2D eigenvalue weighted by atomic mass is 9.97. The number of hydrogen-bond donors (Lipinski definition) is 3. The Kier molecular flexibility index (Phi) is 4.19. The molecule has 1 saturated heterocycles. The van der Waals surface area contributed by atoms with E-state index in [9.17, 15) is 14.7 Å². The second kappa shape index (κ2) is 5.67. The van der Waals surface area contributed by atoms with Gasteiger partial charge in [0.15, 0.2) is 0 Å². The third kappa shape index (κ3) is 3.00. The average molecular weight is 256 g/mol. The van der Waals surface area contributed by atoms with Gasteiger partial charge in [-0.1, -0.05) is 12.8 Å². The molecule has 102 valence electrons. The van der Waals surface area contributed by atoms with E-state index < -0.39 is 11.5 Å². The molecule has 1 heterocycles. The summed E-state index contributed by atoms with van der Waals surface area (Å²) in [6, 6.07) is -0.00834. The van der Waals surface area contributed by atoms with Crippen LogP contribution >= 0.6 is 0 Å². The normalized spacial score (nSPS) is 26.8. The van der Waals surface area contributed by atoms with Crippen molar-refractivity contribution < 1.29 is 19.4 Å². The molecule has 0 radical (unpaired) electrons. The van der Waals surface area contributed by atoms with Crippen LogP contribution in [0.25, 0.3) is 0 Å². The Bertz CT molecular complexity index is 320. The van der Waals surface area contributed by atoms with Gasteiger partial charge in [0, 0.05) is 19.0 Å². The summed E-state index contributed by atoms with van der Waals surface area (Å²) in [7, 11) is 0. The number of morpholine rings is 1. The zero-order valence-electron chi connectivity index (χ0n) is 10.4. The monoisotopic (exact) mass is 256 g/mol. The number of amides is 1. The van der Waals surface area contributed by atoms with Crippen molar-refractivity contribution in [3.63, 3.8) is 0 Å². The third-order valence-corrected chi connectivity index (χ3v) is 3.68. The van der Waals surface area contributed by atoms with Crippen molar-refractivity contribution in [2.45, 2.75) is 43.7 Å². The van der Waals surface area contributed by atoms with Crippen LogP contribution in [0.4, 0.5) is 0 Å². The molecule has 0 aromatic rings. The number of carbonyl (C=O) groups is 2. The molecule has 2 rings (SSSR count). The first-order valence-electron chi connectivity index (χ1n) is 6.48. The Hall–Kier alpha value is -1.14. The first-order chi connectivity index (χ1) is 8.62. The summed E-state index contributed by atoms with van der Waals surface area (Å²) in [5.74, 6) is -1.12. The van der Waals surface area contributed by atoms with Crippen LogP contribution in [0.5, 0.6) is 0 Å². The topological polar surface area (TPSA) is 87.7 Å². The van der Waals surface area contributed by atoms with E-state index in [0.717, 1.165) is 19.4 Å². The van der Waals surface area contributed by atoms with E-state index in [1.54, 1.807) is 0 Å². The highest BCUT2D eigenvalue weighted by molar-refractivity contribution is 5.87. The van der Waals surface area contributed by atoms with E-state index in [4.69, 9.17) is 4.74 Å². The van der Waals surface area contributed by atoms with Crippen molar-refractivity contribution >= 4 is 11.9 Å². The van der Waals surface area contributed by atoms with E-state index in [-0.39, 0.29) is 18.4 Å². The van der Waals surface area contributed by atoms with Gasteiger partial charge in [0.25, 0.3) is 0 Å². The smallest absolute Gasteiger partial charge is 0.329 e. The quantitative estimate of drug-likeness (QED) is 0.652. The van der Waals surface area contributed by atoms with E-state index >= 15 is 0 Å². The van der Waals surface area contributed by atoms with Crippen LogP contribution < -0.4 is 10.6 Å². The van der Waals surface area contributed by atoms with Gasteiger partial charge in [-0.15, -0.1) is 0 Å². The maximum atomic E-state index is 11.9. The standard InChI is InChI=1S/C12H20N2O4/c15-10(7-9-8-18-6-5-13-9)14-12(11(16)17)3-1-2-4-12/h9,13H,1-8H2,(H,14,15)(H,16,17). The summed E-state index contributed by atoms with van der Waals surface area (Å²) in [5, 5.41) is 15.2. The van der Waals surface area contributed by atoms with Crippen molar-refractivity contribution in [2.24, 2.45) is 0 Å². The molecule has 1 unspecified atom stereocenters. The second-order valence-electron chi connectivity index (χ2n) is 5.07. The van der Waals surface area contributed by atoms with E-state index in [2.05, 4.69) is 10.6 Å². The van der Waals surface area contributed by atoms with Crippen LogP contribution in [-0.4, -0.2) is 48.3 Å². The van der Waals surface area contributed by atoms with Crippen LogP contribution in [0, 0.1) is 0 Å². The SMILES string of the molecule is O=C(CC1COCCN1)NC1(C(=O)O)CCCC1. The fourth-order valence-electron chi connectivity index (χ4n) is 2.66. The molecule has 1 amide bonds. The molecule has 0 bridgehead atoms. The maximum absolute atomic E-state index is 11.9. The Balaban J connectivity index is 1.87. The largest absolute Gasteiger partial charge is 0.480 e. The number of nitrogens with one attached hydrogen (secondary N) is 2. The fourth-order valence-corrected chi connectivity index (χ4v) is 2.66. The van der Waals surface area contributed by atoms with Gasteiger partial charge < -0.3 is 20.5 Å². The van der Waals surface area contributed by atoms with Crippen molar-refractivity contribution in [1.29, 1.82) is 0 Å². The van der Waals surface area contributed by atoms with Gasteiger partial charge in [-0.3, -0.25) is 4.79 Å². The summed E-state index contributed by atoms with van der Waals surface area (Å²) in [4.78, 5) is 23.2. The minimum atomic E-state index is -1.04. The predicted molar refractivity (Wildman–Crippen MR) is 64.2 cm³/mol. The molecule has 1 aliphatic heterocycles. The minimum Gasteiger partial charge on any atom is -0.480 e. The Morgan fingerprint density at radius 3 is 2.67 bits per heavy atom. The first kappa shape index (κ1) is 13.3. The maximum Gasteiger partial charge on any atom is 0.329 e. The highest BCUT2D eigenvalue weighted by atomic mass is 16.5. The number of hydrogen-bond acceptors (Lipinski definition) is 4. The van der Waals surface area contributed by atoms with Crippen LogP contribution in [0.2, 0.25) is 0 Å². The Labute approximate surface area is 106 Å². The molecule has 6 nitrogen and oxygen atoms in total. The van der Waals surface area contributed by atoms with Crippen molar-refractivity contribution in [1.82, 2.24) is 10.6 Å². The molecule has 2 aliphatic rings. The van der Waals surface area contributed by atoms with E-state index in [0.29, 0.717) is 26.1 Å². The highest BCUT2D eigenvalue weighted by Crippen LogP contribution is 2.30. The second-order valence-corrected chi connectivity index (χ2v) is 5.07. The van der Waals surface area contributed by atoms with E-state index in [1.807, 2.05) is 0 Å². The number of aliphatic carboxylic acids is 1. The highest BCUT2D eigenvalue weighted by Gasteiger charge is 2.42. The fraction of sp³-hybridized carbons (Fsp3) is 0.833. The van der Waals surface area contributed by atoms with Gasteiger partial charge in [0.05, 0.1) is 13.2 Å². The van der Waals surface area contributed by atoms with Gasteiger partial charge in [0.2, 0.25) is 5.91 Å². The number of carboxylic acid groups (broad SMARTS) is 1. The summed E-state index contributed by atoms with van der Waals surface area (Å²) < 4.78 is 5.27. The zero-order valence-corrected chi connectivity index (χ0v) is 10.4. The van der Waals surface area contributed by atoms with Gasteiger partial charge in [0.1, 0.15) is 5.54 Å². The Morgan fingerprint density at radius 1 is 1.39 bits per heavy atom. The van der Waals surface area contributed by atoms with E-state index in [1.165, 1.54) is 0 Å². The van der Waals surface area contributed by atoms with Crippen LogP contribution in [0.15, 0.2) is 0 Å². The summed E-state index contributed by atoms with van der Waals surface area (Å²) in [6.45, 7) is 1.91. The molecule has 0 aromatic carbocycles. The molecule has 2 fully saturated rings. The lowest BCUT2D eigenvalue weighted by Crippen LogP contribution is -2.54. The summed E-state index contributed by atoms with van der Waals surface area (Å²) in [6.07, 6.45) is 3.05. The zero-order chi connectivity index (χ0) is 13.0. The van der Waals surface area contributed by atoms with Gasteiger partial charge in [-0.05, 0) is 12.8 Å². The van der Waals surface area contributed by atoms with Crippen molar-refractivity contribution in [2.75, 3.05) is 19.8 Å². The molecule has 1 saturated carbocycles. The molecule has 18 heavy (non-hydrogen) atoms. The number of carboxylic acids is 1. The van der Waals surface area contributed by atoms with Gasteiger partial charge in [-0.25, -0.2) is 4.79 Å². The average Bonchev–Trinajstić information content (AvgIpc) is 2.80. The molecule has 0 aromatic heterocycles. The van der Waals surface area contributed by atoms with Crippen LogP contribution in [0.3, 0.4) is 0 Å². The number of rotatable bonds is 4. The van der Waals surface area contributed by atoms with Crippen LogP contribution in [-0.2, 0) is 14.3 Å². The summed E-state index contributed by atoms with van der Waals surface area (Å²) >= 11 is 0. The Morgan fingerprint density at radius 2 is 2.11 bits per heavy atom. The van der Waals surface area contributed by atoms with Gasteiger partial charge >= 0.3 is 5.97 Å². The molecule has 1 aliphatic carbocycles. The number of ether oxygens (including phenoxy) is 1. The van der Waals surface area contributed by atoms with Gasteiger partial charge in [-0.2, -0.15) is 0 Å². The lowest BCUT2D eigenvalue weighted by Gasteiger charge is -2.28. The predicted octanol–water partition coefficient (Wildman–Crippen LogP) is -0.121. The van der Waals surface area contributed by atoms with Crippen molar-refractivity contribution in [3.8, 4) is 0 Å². The van der Waals surface area contributed by atoms with Crippen molar-refractivity contribution in [3.05, 3.63) is 0 Å². The minimum absolute atomic E-state index is 0.00834. The molecular weight excluding hydrogens is 236 g/mol. The van der Waals surface area contributed by atoms with Crippen LogP contribution in [0.1, 0.15) is 32.1 Å². The first-order valence-corrected chi connectivity index (χ1v) is 6.48. The number of carbonyl (C=O) groups excluding carboxylic acids is 1. The summed E-state index contributed by atoms with van der Waals surface area (Å²) in [5.41, 5.74) is -1.04. The molecule has 6 heteroatoms. The molecule has 0 spiro atoms. The lowest BCUT2D eigenvalue weighted by molar-refractivity contribution is -0.147. The third-order valence-electron chi connectivity index (χ3n) is 3.68.